The fourth-order valence-corrected chi connectivity index (χ4v) is 3.39. The molecule has 0 aliphatic carbocycles. The molecule has 134 valence electrons. The minimum absolute atomic E-state index is 0.00556. The van der Waals surface area contributed by atoms with Gasteiger partial charge >= 0.3 is 0 Å². The van der Waals surface area contributed by atoms with E-state index in [-0.39, 0.29) is 5.91 Å². The van der Waals surface area contributed by atoms with Crippen molar-refractivity contribution in [2.45, 2.75) is 32.6 Å². The normalized spacial score (nSPS) is 15.4. The van der Waals surface area contributed by atoms with E-state index in [1.54, 1.807) is 24.7 Å². The number of hydrogen-bond donors (Lipinski definition) is 2. The zero-order valence-electron chi connectivity index (χ0n) is 15.0. The first kappa shape index (κ1) is 16.5. The number of amides is 1. The van der Waals surface area contributed by atoms with Gasteiger partial charge < -0.3 is 9.88 Å². The van der Waals surface area contributed by atoms with E-state index in [0.717, 1.165) is 54.3 Å². The van der Waals surface area contributed by atoms with Crippen LogP contribution in [0.4, 0.5) is 0 Å². The average molecular weight is 350 g/mol. The average Bonchev–Trinajstić information content (AvgIpc) is 3.32. The van der Waals surface area contributed by atoms with Crippen LogP contribution in [0.15, 0.2) is 30.7 Å². The standard InChI is InChI=1S/C19H22N6O/c1-12-13(2)24-18(23-12)14-5-7-25(8-6-14)19(26)17-4-3-15(9-20-17)16-10-21-22-11-16/h3-4,9-11,14H,5-8H2,1-2H3,(H,21,22)(H,23,24). The second-order valence-electron chi connectivity index (χ2n) is 6.82. The lowest BCUT2D eigenvalue weighted by Crippen LogP contribution is -2.38. The molecule has 26 heavy (non-hydrogen) atoms. The first-order valence-electron chi connectivity index (χ1n) is 8.89. The molecule has 4 rings (SSSR count). The van der Waals surface area contributed by atoms with Crippen molar-refractivity contribution in [3.8, 4) is 11.1 Å². The Morgan fingerprint density at radius 3 is 2.54 bits per heavy atom. The molecule has 0 aromatic carbocycles. The van der Waals surface area contributed by atoms with Crippen LogP contribution in [0, 0.1) is 13.8 Å². The number of aromatic nitrogens is 5. The molecule has 1 fully saturated rings. The predicted molar refractivity (Wildman–Crippen MR) is 97.8 cm³/mol. The Bertz CT molecular complexity index is 869. The summed E-state index contributed by atoms with van der Waals surface area (Å²) in [6, 6.07) is 3.70. The third-order valence-corrected chi connectivity index (χ3v) is 5.13. The van der Waals surface area contributed by atoms with Gasteiger partial charge in [0, 0.05) is 48.2 Å². The van der Waals surface area contributed by atoms with E-state index in [1.165, 1.54) is 0 Å². The Labute approximate surface area is 151 Å². The maximum atomic E-state index is 12.7. The highest BCUT2D eigenvalue weighted by atomic mass is 16.2. The summed E-state index contributed by atoms with van der Waals surface area (Å²) < 4.78 is 0. The van der Waals surface area contributed by atoms with Gasteiger partial charge in [0.2, 0.25) is 0 Å². The molecule has 7 nitrogen and oxygen atoms in total. The van der Waals surface area contributed by atoms with Crippen LogP contribution in [0.25, 0.3) is 11.1 Å². The molecule has 1 amide bonds. The molecule has 3 aromatic heterocycles. The van der Waals surface area contributed by atoms with E-state index in [9.17, 15) is 4.79 Å². The van der Waals surface area contributed by atoms with Gasteiger partial charge in [-0.15, -0.1) is 0 Å². The topological polar surface area (TPSA) is 90.6 Å². The maximum Gasteiger partial charge on any atom is 0.272 e. The van der Waals surface area contributed by atoms with Crippen LogP contribution in [0.1, 0.15) is 46.5 Å². The SMILES string of the molecule is Cc1nc(C2CCN(C(=O)c3ccc(-c4cn[nH]c4)cn3)CC2)[nH]c1C. The van der Waals surface area contributed by atoms with Crippen LogP contribution in [0.2, 0.25) is 0 Å². The second-order valence-corrected chi connectivity index (χ2v) is 6.82. The number of piperidine rings is 1. The fourth-order valence-electron chi connectivity index (χ4n) is 3.39. The molecule has 1 aliphatic rings. The number of pyridine rings is 1. The summed E-state index contributed by atoms with van der Waals surface area (Å²) in [5.41, 5.74) is 4.57. The van der Waals surface area contributed by atoms with Gasteiger partial charge in [-0.2, -0.15) is 5.10 Å². The molecule has 0 unspecified atom stereocenters. The van der Waals surface area contributed by atoms with Crippen molar-refractivity contribution in [2.24, 2.45) is 0 Å². The van der Waals surface area contributed by atoms with Gasteiger partial charge in [0.25, 0.3) is 5.91 Å². The van der Waals surface area contributed by atoms with E-state index < -0.39 is 0 Å². The van der Waals surface area contributed by atoms with Gasteiger partial charge in [0.15, 0.2) is 0 Å². The van der Waals surface area contributed by atoms with E-state index in [1.807, 2.05) is 24.8 Å². The highest BCUT2D eigenvalue weighted by Gasteiger charge is 2.27. The summed E-state index contributed by atoms with van der Waals surface area (Å²) in [6.45, 7) is 5.52. The summed E-state index contributed by atoms with van der Waals surface area (Å²) >= 11 is 0. The third kappa shape index (κ3) is 3.12. The number of aryl methyl sites for hydroxylation is 2. The molecule has 3 aromatic rings. The van der Waals surface area contributed by atoms with Crippen LogP contribution in [0.3, 0.4) is 0 Å². The van der Waals surface area contributed by atoms with Gasteiger partial charge in [-0.25, -0.2) is 4.98 Å². The van der Waals surface area contributed by atoms with Crippen molar-refractivity contribution in [3.63, 3.8) is 0 Å². The van der Waals surface area contributed by atoms with Gasteiger partial charge in [0.05, 0.1) is 11.9 Å². The number of likely N-dealkylation sites (tertiary alicyclic amines) is 1. The van der Waals surface area contributed by atoms with Gasteiger partial charge in [0.1, 0.15) is 11.5 Å². The molecular formula is C19H22N6O. The Morgan fingerprint density at radius 1 is 1.15 bits per heavy atom. The number of aromatic amines is 2. The van der Waals surface area contributed by atoms with Crippen molar-refractivity contribution in [1.29, 1.82) is 0 Å². The number of nitrogens with zero attached hydrogens (tertiary/aromatic N) is 4. The summed E-state index contributed by atoms with van der Waals surface area (Å²) in [6.07, 6.45) is 7.11. The van der Waals surface area contributed by atoms with Crippen molar-refractivity contribution < 1.29 is 4.79 Å². The minimum Gasteiger partial charge on any atom is -0.346 e. The van der Waals surface area contributed by atoms with Crippen LogP contribution >= 0.6 is 0 Å². The number of imidazole rings is 1. The van der Waals surface area contributed by atoms with E-state index in [2.05, 4.69) is 25.1 Å². The molecule has 2 N–H and O–H groups in total. The third-order valence-electron chi connectivity index (χ3n) is 5.13. The highest BCUT2D eigenvalue weighted by molar-refractivity contribution is 5.92. The van der Waals surface area contributed by atoms with Crippen molar-refractivity contribution in [3.05, 3.63) is 53.6 Å². The van der Waals surface area contributed by atoms with Gasteiger partial charge in [-0.05, 0) is 32.8 Å². The number of carbonyl (C=O) groups is 1. The summed E-state index contributed by atoms with van der Waals surface area (Å²) in [7, 11) is 0. The lowest BCUT2D eigenvalue weighted by molar-refractivity contribution is 0.0705. The van der Waals surface area contributed by atoms with Gasteiger partial charge in [-0.1, -0.05) is 6.07 Å². The smallest absolute Gasteiger partial charge is 0.272 e. The van der Waals surface area contributed by atoms with E-state index >= 15 is 0 Å². The molecule has 0 spiro atoms. The molecule has 0 saturated carbocycles. The number of H-pyrrole nitrogens is 2. The van der Waals surface area contributed by atoms with Crippen LogP contribution in [-0.2, 0) is 0 Å². The molecule has 1 saturated heterocycles. The number of rotatable bonds is 3. The molecule has 0 atom stereocenters. The molecule has 0 radical (unpaired) electrons. The summed E-state index contributed by atoms with van der Waals surface area (Å²) in [5, 5.41) is 6.71. The molecule has 7 heteroatoms. The van der Waals surface area contributed by atoms with Crippen LogP contribution in [-0.4, -0.2) is 49.0 Å². The second kappa shape index (κ2) is 6.74. The molecule has 4 heterocycles. The summed E-state index contributed by atoms with van der Waals surface area (Å²) in [5.74, 6) is 1.44. The molecule has 1 aliphatic heterocycles. The Hall–Kier alpha value is -2.96. The zero-order valence-corrected chi connectivity index (χ0v) is 15.0. The lowest BCUT2D eigenvalue weighted by Gasteiger charge is -2.31. The van der Waals surface area contributed by atoms with E-state index in [0.29, 0.717) is 11.6 Å². The molecular weight excluding hydrogens is 328 g/mol. The fraction of sp³-hybridized carbons (Fsp3) is 0.368. The largest absolute Gasteiger partial charge is 0.346 e. The Balaban J connectivity index is 1.40. The minimum atomic E-state index is -0.00556. The predicted octanol–water partition coefficient (Wildman–Crippen LogP) is 2.83. The van der Waals surface area contributed by atoms with Crippen molar-refractivity contribution in [1.82, 2.24) is 30.0 Å². The van der Waals surface area contributed by atoms with Crippen LogP contribution in [0.5, 0.6) is 0 Å². The van der Waals surface area contributed by atoms with E-state index in [4.69, 9.17) is 0 Å². The highest BCUT2D eigenvalue weighted by Crippen LogP contribution is 2.27. The summed E-state index contributed by atoms with van der Waals surface area (Å²) in [4.78, 5) is 27.0. The Morgan fingerprint density at radius 2 is 1.96 bits per heavy atom. The number of hydrogen-bond acceptors (Lipinski definition) is 4. The first-order valence-corrected chi connectivity index (χ1v) is 8.89. The molecule has 0 bridgehead atoms. The van der Waals surface area contributed by atoms with Crippen molar-refractivity contribution >= 4 is 5.91 Å². The quantitative estimate of drug-likeness (QED) is 0.760. The monoisotopic (exact) mass is 350 g/mol. The van der Waals surface area contributed by atoms with Gasteiger partial charge in [-0.3, -0.25) is 14.9 Å². The maximum absolute atomic E-state index is 12.7. The lowest BCUT2D eigenvalue weighted by atomic mass is 9.96. The number of nitrogens with one attached hydrogen (secondary N) is 2. The number of carbonyl (C=O) groups excluding carboxylic acids is 1. The first-order chi connectivity index (χ1) is 12.6. The van der Waals surface area contributed by atoms with Crippen molar-refractivity contribution in [2.75, 3.05) is 13.1 Å². The zero-order chi connectivity index (χ0) is 18.1. The van der Waals surface area contributed by atoms with Crippen LogP contribution < -0.4 is 0 Å². The Kier molecular flexibility index (Phi) is 4.28.